The second-order valence-electron chi connectivity index (χ2n) is 22.5. The number of ether oxygens (including phenoxy) is 4. The lowest BCUT2D eigenvalue weighted by molar-refractivity contribution is -0.127. The Hall–Kier alpha value is -6.09. The predicted octanol–water partition coefficient (Wildman–Crippen LogP) is 12.3. The highest BCUT2D eigenvalue weighted by atomic mass is 35.5. The van der Waals surface area contributed by atoms with Crippen molar-refractivity contribution in [2.75, 3.05) is 53.5 Å². The molecule has 7 heterocycles. The normalized spacial score (nSPS) is 21.8. The highest BCUT2D eigenvalue weighted by molar-refractivity contribution is 6.66. The largest absolute Gasteiger partial charge is 0.462 e. The first-order valence-electron chi connectivity index (χ1n) is 28.8. The lowest BCUT2D eigenvalue weighted by atomic mass is 9.83. The van der Waals surface area contributed by atoms with E-state index in [0.29, 0.717) is 76.0 Å². The van der Waals surface area contributed by atoms with Crippen LogP contribution in [0.2, 0.25) is 0 Å². The van der Waals surface area contributed by atoms with E-state index in [1.54, 1.807) is 0 Å². The van der Waals surface area contributed by atoms with Gasteiger partial charge in [0.1, 0.15) is 13.2 Å². The predicted molar refractivity (Wildman–Crippen MR) is 312 cm³/mol. The van der Waals surface area contributed by atoms with Gasteiger partial charge in [0.25, 0.3) is 0 Å². The van der Waals surface area contributed by atoms with E-state index >= 15 is 0 Å². The molecule has 416 valence electrons. The van der Waals surface area contributed by atoms with Gasteiger partial charge >= 0.3 is 12.0 Å². The molecule has 5 aliphatic heterocycles. The van der Waals surface area contributed by atoms with Crippen LogP contribution >= 0.6 is 11.6 Å². The van der Waals surface area contributed by atoms with Crippen LogP contribution in [0.1, 0.15) is 151 Å². The molecule has 0 bridgehead atoms. The third kappa shape index (κ3) is 13.1. The Morgan fingerprint density at radius 2 is 1.04 bits per heavy atom. The van der Waals surface area contributed by atoms with Crippen molar-refractivity contribution in [2.45, 2.75) is 147 Å². The van der Waals surface area contributed by atoms with Gasteiger partial charge in [0, 0.05) is 61.0 Å². The topological polar surface area (TPSA) is 132 Å². The summed E-state index contributed by atoms with van der Waals surface area (Å²) in [6.45, 7) is 17.1. The van der Waals surface area contributed by atoms with Crippen molar-refractivity contribution in [1.82, 2.24) is 34.6 Å². The summed E-state index contributed by atoms with van der Waals surface area (Å²) >= 11 is 4.71. The standard InChI is InChI=1S/C32H38N4O3.C30H37N3O2.C3H3ClO/c1-4-29(37)36-16-13-23(14-17-36)31-26-20-38-28(25-12-6-10-22-9-5-8-21(2)30(22)25)18-27(26)33-32(34-31)39-19-24-11-7-15-35(24)3;1-20-9-6-12-21-13-7-15-24(28(20)21)27-17-26-25(19-34-27)29(22-10-4-3-5-11-22)32-30(31-26)35-18-23-14-8-16-33(23)2;1-2-3(4)5/h4-6,8-10,12,23-24,28H,1,7,11,13-20H2,2-3H3;6-7,9,12-13,15,22-23,27H,3-5,8,10-11,14,16-19H2,1-2H3;2H,1H2/t24-,28?;23-,27?;/m00./s1. The molecule has 0 radical (unpaired) electrons. The number of amides is 1. The Balaban J connectivity index is 0.000000165. The highest BCUT2D eigenvalue weighted by Gasteiger charge is 2.34. The molecule has 2 aromatic heterocycles. The Bertz CT molecular complexity index is 3140. The van der Waals surface area contributed by atoms with Gasteiger partial charge in [-0.2, -0.15) is 19.9 Å². The minimum Gasteiger partial charge on any atom is -0.462 e. The monoisotopic (exact) mass is 1090 g/mol. The number of piperidine rings is 1. The minimum absolute atomic E-state index is 0.000529. The van der Waals surface area contributed by atoms with Gasteiger partial charge in [-0.05, 0) is 160 Å². The zero-order valence-corrected chi connectivity index (χ0v) is 47.5. The average Bonchev–Trinajstić information content (AvgIpc) is 4.18. The van der Waals surface area contributed by atoms with Crippen LogP contribution in [-0.2, 0) is 45.1 Å². The first-order valence-corrected chi connectivity index (χ1v) is 29.2. The molecule has 2 unspecified atom stereocenters. The molecule has 1 amide bonds. The van der Waals surface area contributed by atoms with Gasteiger partial charge in [-0.1, -0.05) is 105 Å². The maximum absolute atomic E-state index is 12.2. The van der Waals surface area contributed by atoms with Gasteiger partial charge in [-0.15, -0.1) is 0 Å². The number of nitrogens with zero attached hydrogens (tertiary/aromatic N) is 7. The number of aromatic nitrogens is 4. The Morgan fingerprint density at radius 1 is 0.595 bits per heavy atom. The molecule has 0 N–H and O–H groups in total. The van der Waals surface area contributed by atoms with Crippen LogP contribution in [0.25, 0.3) is 21.5 Å². The molecule has 6 aromatic rings. The van der Waals surface area contributed by atoms with E-state index in [1.807, 2.05) is 4.90 Å². The van der Waals surface area contributed by atoms with E-state index in [0.717, 1.165) is 67.5 Å². The maximum Gasteiger partial charge on any atom is 0.316 e. The summed E-state index contributed by atoms with van der Waals surface area (Å²) in [4.78, 5) is 48.2. The summed E-state index contributed by atoms with van der Waals surface area (Å²) in [6, 6.07) is 27.9. The molecule has 13 nitrogen and oxygen atoms in total. The number of carbonyl (C=O) groups is 2. The Kier molecular flexibility index (Phi) is 18.5. The number of likely N-dealkylation sites (N-methyl/N-ethyl adjacent to an activating group) is 2. The average molecular weight is 1090 g/mol. The van der Waals surface area contributed by atoms with Gasteiger partial charge in [0.15, 0.2) is 0 Å². The number of benzene rings is 4. The minimum atomic E-state index is -0.509. The number of rotatable bonds is 12. The fourth-order valence-corrected chi connectivity index (χ4v) is 13.0. The van der Waals surface area contributed by atoms with Gasteiger partial charge in [-0.25, -0.2) is 0 Å². The second kappa shape index (κ2) is 26.0. The number of hydrogen-bond donors (Lipinski definition) is 0. The van der Waals surface area contributed by atoms with Gasteiger partial charge < -0.3 is 33.6 Å². The Morgan fingerprint density at radius 3 is 1.46 bits per heavy atom. The first kappa shape index (κ1) is 56.2. The number of aryl methyl sites for hydroxylation is 2. The third-order valence-corrected chi connectivity index (χ3v) is 17.6. The van der Waals surface area contributed by atoms with Crippen molar-refractivity contribution in [1.29, 1.82) is 0 Å². The van der Waals surface area contributed by atoms with E-state index in [-0.39, 0.29) is 24.0 Å². The number of allylic oxidation sites excluding steroid dienone is 1. The molecular weight excluding hydrogens is 1010 g/mol. The highest BCUT2D eigenvalue weighted by Crippen LogP contribution is 2.42. The molecule has 0 spiro atoms. The van der Waals surface area contributed by atoms with Crippen molar-refractivity contribution < 1.29 is 28.5 Å². The summed E-state index contributed by atoms with van der Waals surface area (Å²) in [5, 5.41) is 4.57. The molecule has 4 atom stereocenters. The smallest absolute Gasteiger partial charge is 0.316 e. The maximum atomic E-state index is 12.2. The number of fused-ring (bicyclic) bond motifs is 4. The van der Waals surface area contributed by atoms with E-state index in [9.17, 15) is 9.59 Å². The van der Waals surface area contributed by atoms with Crippen LogP contribution in [0.4, 0.5) is 0 Å². The summed E-state index contributed by atoms with van der Waals surface area (Å²) in [5.74, 6) is 0.739. The lowest BCUT2D eigenvalue weighted by Gasteiger charge is -2.34. The van der Waals surface area contributed by atoms with Crippen LogP contribution in [0.15, 0.2) is 98.1 Å². The quantitative estimate of drug-likeness (QED) is 0.0853. The number of likely N-dealkylation sites (tertiary alicyclic amines) is 3. The fourth-order valence-electron chi connectivity index (χ4n) is 13.0. The lowest BCUT2D eigenvalue weighted by Crippen LogP contribution is -2.37. The van der Waals surface area contributed by atoms with Crippen molar-refractivity contribution in [2.24, 2.45) is 0 Å². The summed E-state index contributed by atoms with van der Waals surface area (Å²) in [7, 11) is 4.35. The second-order valence-corrected chi connectivity index (χ2v) is 22.9. The molecule has 4 fully saturated rings. The number of carbonyl (C=O) groups excluding carboxylic acids is 2. The molecule has 12 rings (SSSR count). The molecule has 79 heavy (non-hydrogen) atoms. The molecular formula is C65H78ClN7O6. The van der Waals surface area contributed by atoms with E-state index in [4.69, 9.17) is 50.5 Å². The van der Waals surface area contributed by atoms with Crippen LogP contribution in [0.3, 0.4) is 0 Å². The van der Waals surface area contributed by atoms with E-state index < -0.39 is 5.24 Å². The van der Waals surface area contributed by atoms with E-state index in [1.165, 1.54) is 112 Å². The van der Waals surface area contributed by atoms with Crippen molar-refractivity contribution >= 4 is 44.3 Å². The Labute approximate surface area is 471 Å². The van der Waals surface area contributed by atoms with Crippen LogP contribution in [-0.4, -0.2) is 111 Å². The van der Waals surface area contributed by atoms with Crippen molar-refractivity contribution in [3.8, 4) is 12.0 Å². The molecule has 3 saturated heterocycles. The van der Waals surface area contributed by atoms with Gasteiger partial charge in [-0.3, -0.25) is 9.59 Å². The summed E-state index contributed by atoms with van der Waals surface area (Å²) in [5.41, 5.74) is 11.7. The first-order chi connectivity index (χ1) is 38.5. The molecule has 1 saturated carbocycles. The summed E-state index contributed by atoms with van der Waals surface area (Å²) < 4.78 is 25.7. The molecule has 14 heteroatoms. The molecule has 4 aromatic carbocycles. The van der Waals surface area contributed by atoms with Gasteiger partial charge in [0.05, 0.1) is 48.2 Å². The third-order valence-electron chi connectivity index (χ3n) is 17.5. The fraction of sp³-hybridized carbons (Fsp3) is 0.477. The van der Waals surface area contributed by atoms with Crippen molar-refractivity contribution in [3.63, 3.8) is 0 Å². The molecule has 6 aliphatic rings. The van der Waals surface area contributed by atoms with E-state index in [2.05, 4.69) is 124 Å². The zero-order chi connectivity index (χ0) is 55.0. The number of halogens is 1. The van der Waals surface area contributed by atoms with Crippen molar-refractivity contribution in [3.05, 3.63) is 154 Å². The zero-order valence-electron chi connectivity index (χ0n) is 46.8. The van der Waals surface area contributed by atoms with Crippen LogP contribution in [0, 0.1) is 13.8 Å². The summed E-state index contributed by atoms with van der Waals surface area (Å²) in [6.07, 6.45) is 16.6. The SMILES string of the molecule is C=CC(=O)Cl.C=CC(=O)N1CCC(c2nc(OC[C@@H]3CCCN3C)nc3c2COC(c2cccc4cccc(C)c24)C3)CC1.Cc1cccc2cccc(C3Cc4nc(OC[C@@H]5CCCN5C)nc(C5CCCCC5)c4CO3)c12. The van der Waals surface area contributed by atoms with Gasteiger partial charge in [0.2, 0.25) is 11.1 Å². The van der Waals surface area contributed by atoms with Crippen LogP contribution in [0.5, 0.6) is 12.0 Å². The van der Waals surface area contributed by atoms with Crippen LogP contribution < -0.4 is 9.47 Å². The molecule has 1 aliphatic carbocycles. The number of hydrogen-bond acceptors (Lipinski definition) is 12.